The third kappa shape index (κ3) is 3.06. The molecule has 0 fully saturated rings. The van der Waals surface area contributed by atoms with Crippen molar-refractivity contribution in [3.05, 3.63) is 68.7 Å². The lowest BCUT2D eigenvalue weighted by Crippen LogP contribution is -2.25. The van der Waals surface area contributed by atoms with Crippen molar-refractivity contribution in [3.63, 3.8) is 0 Å². The number of rotatable bonds is 3. The molecule has 1 aliphatic rings. The van der Waals surface area contributed by atoms with E-state index < -0.39 is 0 Å². The molecule has 0 spiro atoms. The predicted molar refractivity (Wildman–Crippen MR) is 101 cm³/mol. The number of nitrogens with zero attached hydrogens (tertiary/aromatic N) is 2. The van der Waals surface area contributed by atoms with E-state index in [2.05, 4.69) is 26.2 Å². The van der Waals surface area contributed by atoms with Crippen LogP contribution in [0.4, 0.5) is 5.69 Å². The van der Waals surface area contributed by atoms with Crippen LogP contribution in [0.1, 0.15) is 22.3 Å². The number of amides is 1. The van der Waals surface area contributed by atoms with Crippen molar-refractivity contribution in [3.8, 4) is 0 Å². The second kappa shape index (κ2) is 6.49. The van der Waals surface area contributed by atoms with Crippen molar-refractivity contribution in [2.45, 2.75) is 19.4 Å². The fourth-order valence-electron chi connectivity index (χ4n) is 3.05. The van der Waals surface area contributed by atoms with E-state index in [4.69, 9.17) is 0 Å². The van der Waals surface area contributed by atoms with Gasteiger partial charge < -0.3 is 5.32 Å². The minimum absolute atomic E-state index is 0.0171. The number of Topliss-reactive ketones (excluding diaryl/α,β-unsaturated/α-hetero) is 1. The van der Waals surface area contributed by atoms with Crippen LogP contribution in [0.2, 0.25) is 0 Å². The SMILES string of the molecule is O=C1CCc2cc(C(=O)Cn3cnc4ccc(Br)cc4c3=O)ccc2N1. The monoisotopic (exact) mass is 411 g/mol. The Balaban J connectivity index is 1.64. The molecular formula is C19H14BrN3O3. The number of anilines is 1. The van der Waals surface area contributed by atoms with Crippen LogP contribution < -0.4 is 10.9 Å². The Bertz CT molecular complexity index is 1120. The van der Waals surface area contributed by atoms with Gasteiger partial charge in [-0.15, -0.1) is 0 Å². The van der Waals surface area contributed by atoms with E-state index in [0.717, 1.165) is 15.7 Å². The summed E-state index contributed by atoms with van der Waals surface area (Å²) in [5.74, 6) is -0.195. The first-order valence-electron chi connectivity index (χ1n) is 8.12. The average Bonchev–Trinajstić information content (AvgIpc) is 2.64. The molecule has 0 atom stereocenters. The summed E-state index contributed by atoms with van der Waals surface area (Å²) in [5.41, 5.74) is 2.53. The summed E-state index contributed by atoms with van der Waals surface area (Å²) >= 11 is 3.35. The number of aryl methyl sites for hydroxylation is 1. The van der Waals surface area contributed by atoms with Gasteiger partial charge in [-0.2, -0.15) is 0 Å². The standard InChI is InChI=1S/C19H14BrN3O3/c20-13-3-5-16-14(8-13)19(26)23(10-21-16)9-17(24)12-1-4-15-11(7-12)2-6-18(25)22-15/h1,3-5,7-8,10H,2,6,9H2,(H,22,25). The lowest BCUT2D eigenvalue weighted by Gasteiger charge is -2.17. The Kier molecular flexibility index (Phi) is 4.16. The number of aromatic nitrogens is 2. The fourth-order valence-corrected chi connectivity index (χ4v) is 3.41. The van der Waals surface area contributed by atoms with Crippen LogP contribution in [0.15, 0.2) is 52.0 Å². The highest BCUT2D eigenvalue weighted by Gasteiger charge is 2.17. The lowest BCUT2D eigenvalue weighted by molar-refractivity contribution is -0.116. The molecule has 3 aromatic rings. The third-order valence-corrected chi connectivity index (χ3v) is 4.92. The summed E-state index contributed by atoms with van der Waals surface area (Å²) in [5, 5.41) is 3.25. The molecule has 130 valence electrons. The summed E-state index contributed by atoms with van der Waals surface area (Å²) < 4.78 is 2.10. The summed E-state index contributed by atoms with van der Waals surface area (Å²) in [4.78, 5) is 40.9. The van der Waals surface area contributed by atoms with Crippen molar-refractivity contribution in [2.75, 3.05) is 5.32 Å². The van der Waals surface area contributed by atoms with Gasteiger partial charge >= 0.3 is 0 Å². The molecule has 0 bridgehead atoms. The summed E-state index contributed by atoms with van der Waals surface area (Å²) in [7, 11) is 0. The van der Waals surface area contributed by atoms with Crippen molar-refractivity contribution in [1.82, 2.24) is 9.55 Å². The smallest absolute Gasteiger partial charge is 0.261 e. The third-order valence-electron chi connectivity index (χ3n) is 4.42. The van der Waals surface area contributed by atoms with Gasteiger partial charge in [0, 0.05) is 22.1 Å². The van der Waals surface area contributed by atoms with E-state index in [0.29, 0.717) is 29.3 Å². The number of benzene rings is 2. The molecule has 26 heavy (non-hydrogen) atoms. The Morgan fingerprint density at radius 3 is 2.85 bits per heavy atom. The molecule has 6 nitrogen and oxygen atoms in total. The van der Waals surface area contributed by atoms with Crippen LogP contribution in [-0.2, 0) is 17.8 Å². The van der Waals surface area contributed by atoms with Crippen LogP contribution in [0.3, 0.4) is 0 Å². The molecule has 0 aliphatic carbocycles. The zero-order chi connectivity index (χ0) is 18.3. The van der Waals surface area contributed by atoms with Gasteiger partial charge in [-0.1, -0.05) is 15.9 Å². The van der Waals surface area contributed by atoms with Gasteiger partial charge in [-0.3, -0.25) is 19.0 Å². The zero-order valence-electron chi connectivity index (χ0n) is 13.7. The Morgan fingerprint density at radius 2 is 2.00 bits per heavy atom. The van der Waals surface area contributed by atoms with E-state index in [9.17, 15) is 14.4 Å². The molecule has 0 saturated heterocycles. The Hall–Kier alpha value is -2.80. The number of fused-ring (bicyclic) bond motifs is 2. The molecule has 0 radical (unpaired) electrons. The average molecular weight is 412 g/mol. The summed E-state index contributed by atoms with van der Waals surface area (Å²) in [6, 6.07) is 10.5. The molecule has 1 aromatic heterocycles. The summed E-state index contributed by atoms with van der Waals surface area (Å²) in [6.07, 6.45) is 2.41. The second-order valence-corrected chi connectivity index (χ2v) is 7.10. The minimum Gasteiger partial charge on any atom is -0.326 e. The van der Waals surface area contributed by atoms with Crippen LogP contribution >= 0.6 is 15.9 Å². The van der Waals surface area contributed by atoms with Crippen LogP contribution in [0.25, 0.3) is 10.9 Å². The van der Waals surface area contributed by atoms with Crippen molar-refractivity contribution < 1.29 is 9.59 Å². The first kappa shape index (κ1) is 16.7. The number of nitrogens with one attached hydrogen (secondary N) is 1. The first-order valence-corrected chi connectivity index (χ1v) is 8.91. The molecule has 2 heterocycles. The maximum absolute atomic E-state index is 12.6. The van der Waals surface area contributed by atoms with Gasteiger partial charge in [0.1, 0.15) is 0 Å². The zero-order valence-corrected chi connectivity index (χ0v) is 15.2. The normalized spacial score (nSPS) is 13.3. The highest BCUT2D eigenvalue weighted by molar-refractivity contribution is 9.10. The molecule has 0 unspecified atom stereocenters. The number of hydrogen-bond acceptors (Lipinski definition) is 4. The van der Waals surface area contributed by atoms with Crippen LogP contribution in [-0.4, -0.2) is 21.2 Å². The van der Waals surface area contributed by atoms with Crippen LogP contribution in [0.5, 0.6) is 0 Å². The largest absolute Gasteiger partial charge is 0.326 e. The number of carbonyl (C=O) groups is 2. The van der Waals surface area contributed by atoms with Gasteiger partial charge in [0.15, 0.2) is 5.78 Å². The van der Waals surface area contributed by atoms with Gasteiger partial charge in [-0.25, -0.2) is 4.98 Å². The van der Waals surface area contributed by atoms with E-state index >= 15 is 0 Å². The fraction of sp³-hybridized carbons (Fsp3) is 0.158. The Labute approximate surface area is 157 Å². The molecule has 1 amide bonds. The molecule has 2 aromatic carbocycles. The lowest BCUT2D eigenvalue weighted by atomic mass is 9.99. The molecule has 0 saturated carbocycles. The van der Waals surface area contributed by atoms with E-state index in [1.54, 1.807) is 30.3 Å². The van der Waals surface area contributed by atoms with E-state index in [1.165, 1.54) is 10.9 Å². The topological polar surface area (TPSA) is 81.1 Å². The van der Waals surface area contributed by atoms with Crippen LogP contribution in [0, 0.1) is 0 Å². The van der Waals surface area contributed by atoms with Gasteiger partial charge in [0.2, 0.25) is 5.91 Å². The van der Waals surface area contributed by atoms with Gasteiger partial charge in [0.05, 0.1) is 23.8 Å². The molecular weight excluding hydrogens is 398 g/mol. The molecule has 1 aliphatic heterocycles. The molecule has 1 N–H and O–H groups in total. The minimum atomic E-state index is -0.255. The molecule has 4 rings (SSSR count). The van der Waals surface area contributed by atoms with Crippen molar-refractivity contribution in [2.24, 2.45) is 0 Å². The van der Waals surface area contributed by atoms with Gasteiger partial charge in [-0.05, 0) is 48.4 Å². The molecule has 7 heteroatoms. The predicted octanol–water partition coefficient (Wildman–Crippen LogP) is 2.93. The summed E-state index contributed by atoms with van der Waals surface area (Å²) in [6.45, 7) is -0.0839. The first-order chi connectivity index (χ1) is 12.5. The quantitative estimate of drug-likeness (QED) is 0.671. The maximum Gasteiger partial charge on any atom is 0.261 e. The van der Waals surface area contributed by atoms with E-state index in [-0.39, 0.29) is 23.8 Å². The highest BCUT2D eigenvalue weighted by Crippen LogP contribution is 2.24. The number of carbonyl (C=O) groups excluding carboxylic acids is 2. The highest BCUT2D eigenvalue weighted by atomic mass is 79.9. The Morgan fingerprint density at radius 1 is 1.15 bits per heavy atom. The number of hydrogen-bond donors (Lipinski definition) is 1. The van der Waals surface area contributed by atoms with Crippen molar-refractivity contribution in [1.29, 1.82) is 0 Å². The number of ketones is 1. The number of halogens is 1. The maximum atomic E-state index is 12.6. The van der Waals surface area contributed by atoms with E-state index in [1.807, 2.05) is 6.07 Å². The second-order valence-electron chi connectivity index (χ2n) is 6.18. The van der Waals surface area contributed by atoms with Crippen molar-refractivity contribution >= 4 is 44.2 Å². The van der Waals surface area contributed by atoms with Gasteiger partial charge in [0.25, 0.3) is 5.56 Å².